The molecule has 2 aliphatic rings. The van der Waals surface area contributed by atoms with E-state index in [0.29, 0.717) is 6.04 Å². The van der Waals surface area contributed by atoms with Crippen molar-refractivity contribution in [3.8, 4) is 0 Å². The molecule has 116 valence electrons. The van der Waals surface area contributed by atoms with Crippen molar-refractivity contribution in [2.24, 2.45) is 5.92 Å². The molecule has 4 heteroatoms. The summed E-state index contributed by atoms with van der Waals surface area (Å²) in [5, 5.41) is 3.47. The van der Waals surface area contributed by atoms with Crippen LogP contribution in [-0.4, -0.2) is 42.3 Å². The van der Waals surface area contributed by atoms with E-state index in [9.17, 15) is 4.79 Å². The van der Waals surface area contributed by atoms with Crippen LogP contribution >= 0.6 is 0 Å². The summed E-state index contributed by atoms with van der Waals surface area (Å²) in [6.45, 7) is 8.94. The van der Waals surface area contributed by atoms with Crippen molar-refractivity contribution in [3.63, 3.8) is 0 Å². The molecule has 0 aromatic carbocycles. The summed E-state index contributed by atoms with van der Waals surface area (Å²) in [6, 6.07) is 0.378. The molecule has 2 aliphatic heterocycles. The number of nitrogens with zero attached hydrogens (tertiary/aromatic N) is 1. The minimum absolute atomic E-state index is 0.119. The fraction of sp³-hybridized carbons (Fsp3) is 0.938. The van der Waals surface area contributed by atoms with Crippen molar-refractivity contribution in [1.29, 1.82) is 0 Å². The van der Waals surface area contributed by atoms with Crippen LogP contribution in [0.4, 0.5) is 4.79 Å². The van der Waals surface area contributed by atoms with Crippen molar-refractivity contribution in [2.75, 3.05) is 19.6 Å². The van der Waals surface area contributed by atoms with Gasteiger partial charge in [0.15, 0.2) is 0 Å². The van der Waals surface area contributed by atoms with Gasteiger partial charge in [-0.15, -0.1) is 0 Å². The fourth-order valence-corrected chi connectivity index (χ4v) is 3.32. The minimum atomic E-state index is -0.397. The first-order valence-corrected chi connectivity index (χ1v) is 8.16. The maximum Gasteiger partial charge on any atom is 0.410 e. The van der Waals surface area contributed by atoms with E-state index < -0.39 is 5.60 Å². The number of nitrogens with one attached hydrogen (secondary N) is 1. The highest BCUT2D eigenvalue weighted by molar-refractivity contribution is 5.68. The summed E-state index contributed by atoms with van der Waals surface area (Å²) in [5.74, 6) is 0.719. The van der Waals surface area contributed by atoms with Crippen LogP contribution in [0.5, 0.6) is 0 Å². The van der Waals surface area contributed by atoms with Crippen LogP contribution in [0.25, 0.3) is 0 Å². The lowest BCUT2D eigenvalue weighted by molar-refractivity contribution is 0.00640. The van der Waals surface area contributed by atoms with Crippen LogP contribution in [0, 0.1) is 5.92 Å². The zero-order chi connectivity index (χ0) is 14.6. The minimum Gasteiger partial charge on any atom is -0.444 e. The number of carbonyl (C=O) groups excluding carboxylic acids is 1. The lowest BCUT2D eigenvalue weighted by atomic mass is 9.88. The Hall–Kier alpha value is -0.770. The van der Waals surface area contributed by atoms with E-state index >= 15 is 0 Å². The van der Waals surface area contributed by atoms with Gasteiger partial charge in [-0.2, -0.15) is 0 Å². The number of piperidine rings is 2. The van der Waals surface area contributed by atoms with Gasteiger partial charge in [0, 0.05) is 12.6 Å². The highest BCUT2D eigenvalue weighted by atomic mass is 16.6. The Bertz CT molecular complexity index is 319. The van der Waals surface area contributed by atoms with Crippen molar-refractivity contribution in [1.82, 2.24) is 10.2 Å². The van der Waals surface area contributed by atoms with E-state index in [2.05, 4.69) is 5.32 Å². The van der Waals surface area contributed by atoms with E-state index in [-0.39, 0.29) is 6.09 Å². The maximum atomic E-state index is 12.4. The number of ether oxygens (including phenoxy) is 1. The van der Waals surface area contributed by atoms with Crippen LogP contribution < -0.4 is 5.32 Å². The molecule has 2 atom stereocenters. The number of hydrogen-bond acceptors (Lipinski definition) is 3. The average Bonchev–Trinajstić information content (AvgIpc) is 2.38. The second-order valence-corrected chi connectivity index (χ2v) is 7.27. The number of carbonyl (C=O) groups is 1. The molecule has 0 aromatic rings. The summed E-state index contributed by atoms with van der Waals surface area (Å²) >= 11 is 0. The van der Waals surface area contributed by atoms with Gasteiger partial charge < -0.3 is 15.0 Å². The SMILES string of the molecule is CC(C)(C)OC(=O)N1CCCCC1CC1CCCNC1. The van der Waals surface area contributed by atoms with E-state index in [1.54, 1.807) is 0 Å². The molecule has 0 bridgehead atoms. The highest BCUT2D eigenvalue weighted by Gasteiger charge is 2.32. The Morgan fingerprint density at radius 2 is 2.05 bits per heavy atom. The molecular weight excluding hydrogens is 252 g/mol. The third-order valence-corrected chi connectivity index (χ3v) is 4.26. The largest absolute Gasteiger partial charge is 0.444 e. The first-order valence-electron chi connectivity index (χ1n) is 8.16. The van der Waals surface area contributed by atoms with Gasteiger partial charge >= 0.3 is 6.09 Å². The molecule has 2 rings (SSSR count). The maximum absolute atomic E-state index is 12.4. The smallest absolute Gasteiger partial charge is 0.410 e. The summed E-state index contributed by atoms with van der Waals surface area (Å²) in [4.78, 5) is 14.3. The van der Waals surface area contributed by atoms with E-state index in [1.165, 1.54) is 19.3 Å². The number of hydrogen-bond donors (Lipinski definition) is 1. The molecule has 0 spiro atoms. The normalized spacial score (nSPS) is 28.2. The standard InChI is InChI=1S/C16H30N2O2/c1-16(2,3)20-15(19)18-10-5-4-8-14(18)11-13-7-6-9-17-12-13/h13-14,17H,4-12H2,1-3H3. The quantitative estimate of drug-likeness (QED) is 0.846. The molecule has 0 radical (unpaired) electrons. The molecule has 2 heterocycles. The predicted octanol–water partition coefficient (Wildman–Crippen LogP) is 3.17. The molecule has 2 fully saturated rings. The van der Waals surface area contributed by atoms with Crippen LogP contribution in [0.2, 0.25) is 0 Å². The monoisotopic (exact) mass is 282 g/mol. The Labute approximate surface area is 123 Å². The lowest BCUT2D eigenvalue weighted by Crippen LogP contribution is -2.47. The Morgan fingerprint density at radius 1 is 1.25 bits per heavy atom. The van der Waals surface area contributed by atoms with Crippen molar-refractivity contribution < 1.29 is 9.53 Å². The van der Waals surface area contributed by atoms with Crippen molar-refractivity contribution >= 4 is 6.09 Å². The van der Waals surface area contributed by atoms with Gasteiger partial charge in [-0.05, 0) is 78.3 Å². The van der Waals surface area contributed by atoms with E-state index in [4.69, 9.17) is 4.74 Å². The molecule has 20 heavy (non-hydrogen) atoms. The Balaban J connectivity index is 1.92. The molecule has 1 N–H and O–H groups in total. The molecule has 0 aliphatic carbocycles. The third kappa shape index (κ3) is 4.65. The first-order chi connectivity index (χ1) is 9.46. The lowest BCUT2D eigenvalue weighted by Gasteiger charge is -2.39. The molecule has 0 saturated carbocycles. The highest BCUT2D eigenvalue weighted by Crippen LogP contribution is 2.27. The summed E-state index contributed by atoms with van der Waals surface area (Å²) in [6.07, 6.45) is 7.06. The molecular formula is C16H30N2O2. The summed E-state index contributed by atoms with van der Waals surface area (Å²) in [5.41, 5.74) is -0.397. The van der Waals surface area contributed by atoms with Crippen LogP contribution in [0.3, 0.4) is 0 Å². The first kappa shape index (κ1) is 15.6. The van der Waals surface area contributed by atoms with Crippen molar-refractivity contribution in [2.45, 2.75) is 70.9 Å². The Morgan fingerprint density at radius 3 is 2.70 bits per heavy atom. The number of amides is 1. The van der Waals surface area contributed by atoms with E-state index in [1.807, 2.05) is 25.7 Å². The van der Waals surface area contributed by atoms with Gasteiger partial charge in [-0.3, -0.25) is 0 Å². The van der Waals surface area contributed by atoms with Crippen LogP contribution in [0.1, 0.15) is 59.3 Å². The van der Waals surface area contributed by atoms with E-state index in [0.717, 1.165) is 44.8 Å². The Kier molecular flexibility index (Phi) is 5.30. The van der Waals surface area contributed by atoms with Gasteiger partial charge in [-0.1, -0.05) is 0 Å². The summed E-state index contributed by atoms with van der Waals surface area (Å²) in [7, 11) is 0. The number of rotatable bonds is 2. The molecule has 2 unspecified atom stereocenters. The predicted molar refractivity (Wildman–Crippen MR) is 80.8 cm³/mol. The second-order valence-electron chi connectivity index (χ2n) is 7.27. The molecule has 4 nitrogen and oxygen atoms in total. The zero-order valence-corrected chi connectivity index (χ0v) is 13.3. The second kappa shape index (κ2) is 6.79. The van der Waals surface area contributed by atoms with Gasteiger partial charge in [0.1, 0.15) is 5.60 Å². The summed E-state index contributed by atoms with van der Waals surface area (Å²) < 4.78 is 5.57. The number of likely N-dealkylation sites (tertiary alicyclic amines) is 1. The topological polar surface area (TPSA) is 41.6 Å². The molecule has 1 amide bonds. The van der Waals surface area contributed by atoms with Crippen LogP contribution in [-0.2, 0) is 4.74 Å². The zero-order valence-electron chi connectivity index (χ0n) is 13.3. The van der Waals surface area contributed by atoms with Crippen LogP contribution in [0.15, 0.2) is 0 Å². The fourth-order valence-electron chi connectivity index (χ4n) is 3.32. The van der Waals surface area contributed by atoms with Gasteiger partial charge in [-0.25, -0.2) is 4.79 Å². The average molecular weight is 282 g/mol. The van der Waals surface area contributed by atoms with Gasteiger partial charge in [0.25, 0.3) is 0 Å². The third-order valence-electron chi connectivity index (χ3n) is 4.26. The molecule has 2 saturated heterocycles. The van der Waals surface area contributed by atoms with Crippen molar-refractivity contribution in [3.05, 3.63) is 0 Å². The van der Waals surface area contributed by atoms with Gasteiger partial charge in [0.2, 0.25) is 0 Å². The van der Waals surface area contributed by atoms with Gasteiger partial charge in [0.05, 0.1) is 0 Å². The molecule has 0 aromatic heterocycles.